The average Bonchev–Trinajstić information content (AvgIpc) is 2.27. The summed E-state index contributed by atoms with van der Waals surface area (Å²) in [4.78, 5) is 0. The van der Waals surface area contributed by atoms with E-state index in [9.17, 15) is 0 Å². The Labute approximate surface area is 129 Å². The Morgan fingerprint density at radius 1 is 0.895 bits per heavy atom. The first-order chi connectivity index (χ1) is 8.60. The van der Waals surface area contributed by atoms with Crippen LogP contribution in [0.3, 0.4) is 0 Å². The van der Waals surface area contributed by atoms with Gasteiger partial charge in [-0.25, -0.2) is 0 Å². The average molecular weight is 359 g/mol. The van der Waals surface area contributed by atoms with Crippen molar-refractivity contribution in [1.29, 1.82) is 0 Å². The summed E-state index contributed by atoms with van der Waals surface area (Å²) in [6, 6.07) is 1.14. The first-order valence-corrected chi connectivity index (χ1v) is 19.5. The number of hydrogen-bond donors (Lipinski definition) is 0. The van der Waals surface area contributed by atoms with Crippen LogP contribution < -0.4 is 0 Å². The molecule has 0 amide bonds. The molecule has 0 rings (SSSR count). The monoisotopic (exact) mass is 358 g/mol. The smallest absolute Gasteiger partial charge is 0.283 e. The van der Waals surface area contributed by atoms with Gasteiger partial charge in [0.1, 0.15) is 8.07 Å². The van der Waals surface area contributed by atoms with E-state index in [1.165, 1.54) is 0 Å². The van der Waals surface area contributed by atoms with Gasteiger partial charge in [-0.1, -0.05) is 13.0 Å². The first-order valence-electron chi connectivity index (χ1n) is 7.16. The molecular weight excluding hydrogens is 328 g/mol. The van der Waals surface area contributed by atoms with Gasteiger partial charge in [0.05, 0.1) is 0 Å². The minimum atomic E-state index is -1.98. The van der Waals surface area contributed by atoms with Crippen LogP contribution in [0, 0.1) is 0 Å². The van der Waals surface area contributed by atoms with Gasteiger partial charge in [0.2, 0.25) is 0 Å². The van der Waals surface area contributed by atoms with Crippen molar-refractivity contribution in [2.24, 2.45) is 0 Å². The second kappa shape index (κ2) is 9.14. The topological polar surface area (TPSA) is 27.7 Å². The van der Waals surface area contributed by atoms with Gasteiger partial charge in [-0.15, -0.1) is 11.1 Å². The molecule has 0 bridgehead atoms. The fourth-order valence-electron chi connectivity index (χ4n) is 1.44. The number of hydrogen-bond acceptors (Lipinski definition) is 3. The van der Waals surface area contributed by atoms with Crippen molar-refractivity contribution < 1.29 is 13.3 Å². The van der Waals surface area contributed by atoms with E-state index in [2.05, 4.69) is 33.1 Å². The van der Waals surface area contributed by atoms with Crippen molar-refractivity contribution in [3.05, 3.63) is 0 Å². The van der Waals surface area contributed by atoms with Crippen LogP contribution in [0.4, 0.5) is 0 Å². The highest BCUT2D eigenvalue weighted by Gasteiger charge is 2.35. The number of halogens is 1. The Morgan fingerprint density at radius 3 is 1.58 bits per heavy atom. The van der Waals surface area contributed by atoms with Gasteiger partial charge >= 0.3 is 0 Å². The van der Waals surface area contributed by atoms with E-state index >= 15 is 0 Å². The molecule has 0 aromatic carbocycles. The molecule has 8 heteroatoms. The van der Waals surface area contributed by atoms with Crippen molar-refractivity contribution in [1.82, 2.24) is 0 Å². The summed E-state index contributed by atoms with van der Waals surface area (Å²) >= 11 is 6.30. The maximum atomic E-state index is 6.30. The molecule has 0 aliphatic rings. The lowest BCUT2D eigenvalue weighted by molar-refractivity contribution is 0.318. The van der Waals surface area contributed by atoms with Crippen LogP contribution in [0.25, 0.3) is 0 Å². The summed E-state index contributed by atoms with van der Waals surface area (Å²) in [6.07, 6.45) is 2.53. The summed E-state index contributed by atoms with van der Waals surface area (Å²) in [7, 11) is -5.60. The van der Waals surface area contributed by atoms with E-state index in [4.69, 9.17) is 24.4 Å². The molecule has 0 aliphatic heterocycles. The van der Waals surface area contributed by atoms with Gasteiger partial charge in [-0.05, 0) is 39.3 Å². The standard InChI is InChI=1S/C11H31ClO3Si4/c1-8-19(9-13-16(2)3,10-14-17(4)5)11-15-18(6,7)12/h16-17H,8-11H2,1-7H3. The lowest BCUT2D eigenvalue weighted by Gasteiger charge is -2.33. The van der Waals surface area contributed by atoms with E-state index in [-0.39, 0.29) is 0 Å². The summed E-state index contributed by atoms with van der Waals surface area (Å²) in [5, 5.41) is 0. The fraction of sp³-hybridized carbons (Fsp3) is 1.00. The van der Waals surface area contributed by atoms with Crippen LogP contribution in [-0.2, 0) is 13.3 Å². The summed E-state index contributed by atoms with van der Waals surface area (Å²) in [5.41, 5.74) is 0. The predicted octanol–water partition coefficient (Wildman–Crippen LogP) is 3.03. The van der Waals surface area contributed by atoms with Crippen LogP contribution in [0.15, 0.2) is 0 Å². The lowest BCUT2D eigenvalue weighted by Crippen LogP contribution is -2.53. The van der Waals surface area contributed by atoms with E-state index in [1.54, 1.807) is 0 Å². The summed E-state index contributed by atoms with van der Waals surface area (Å²) in [5.74, 6) is 0. The largest absolute Gasteiger partial charge is 0.424 e. The third kappa shape index (κ3) is 10.4. The molecule has 0 saturated heterocycles. The molecule has 0 saturated carbocycles. The van der Waals surface area contributed by atoms with E-state index in [1.807, 2.05) is 13.1 Å². The molecule has 19 heavy (non-hydrogen) atoms. The molecule has 0 spiro atoms. The molecule has 0 fully saturated rings. The zero-order valence-corrected chi connectivity index (χ0v) is 18.7. The molecule has 0 unspecified atom stereocenters. The Hall–Kier alpha value is 1.04. The highest BCUT2D eigenvalue weighted by atomic mass is 35.6. The van der Waals surface area contributed by atoms with Crippen LogP contribution in [0.5, 0.6) is 0 Å². The third-order valence-electron chi connectivity index (χ3n) is 2.92. The quantitative estimate of drug-likeness (QED) is 0.443. The van der Waals surface area contributed by atoms with Crippen molar-refractivity contribution in [2.75, 3.05) is 18.7 Å². The molecule has 0 aliphatic carbocycles. The molecule has 0 aromatic rings. The summed E-state index contributed by atoms with van der Waals surface area (Å²) in [6.45, 7) is 15.2. The Kier molecular flexibility index (Phi) is 9.64. The zero-order valence-electron chi connectivity index (χ0n) is 13.6. The van der Waals surface area contributed by atoms with Crippen LogP contribution in [0.2, 0.25) is 45.3 Å². The van der Waals surface area contributed by atoms with Crippen molar-refractivity contribution >= 4 is 44.9 Å². The number of rotatable bonds is 10. The van der Waals surface area contributed by atoms with Gasteiger partial charge in [0, 0.05) is 18.7 Å². The molecule has 0 N–H and O–H groups in total. The van der Waals surface area contributed by atoms with Crippen LogP contribution in [0.1, 0.15) is 6.92 Å². The van der Waals surface area contributed by atoms with Gasteiger partial charge in [-0.3, -0.25) is 0 Å². The highest BCUT2D eigenvalue weighted by Crippen LogP contribution is 2.18. The van der Waals surface area contributed by atoms with Gasteiger partial charge in [0.15, 0.2) is 18.1 Å². The second-order valence-electron chi connectivity index (χ2n) is 6.23. The minimum absolute atomic E-state index is 0.786. The van der Waals surface area contributed by atoms with E-state index in [0.717, 1.165) is 24.7 Å². The van der Waals surface area contributed by atoms with Crippen molar-refractivity contribution in [3.63, 3.8) is 0 Å². The van der Waals surface area contributed by atoms with E-state index < -0.39 is 33.8 Å². The van der Waals surface area contributed by atoms with Crippen molar-refractivity contribution in [3.8, 4) is 0 Å². The van der Waals surface area contributed by atoms with Crippen LogP contribution >= 0.6 is 11.1 Å². The summed E-state index contributed by atoms with van der Waals surface area (Å²) < 4.78 is 18.0. The first kappa shape index (κ1) is 20.0. The van der Waals surface area contributed by atoms with Gasteiger partial charge < -0.3 is 13.3 Å². The Balaban J connectivity index is 4.63. The second-order valence-corrected chi connectivity index (χ2v) is 21.4. The molecule has 0 heterocycles. The molecule has 3 nitrogen and oxygen atoms in total. The maximum absolute atomic E-state index is 6.30. The normalized spacial score (nSPS) is 13.6. The molecule has 0 radical (unpaired) electrons. The Morgan fingerprint density at radius 2 is 1.32 bits per heavy atom. The molecular formula is C11H31ClO3Si4. The molecule has 116 valence electrons. The van der Waals surface area contributed by atoms with Gasteiger partial charge in [0.25, 0.3) is 7.63 Å². The maximum Gasteiger partial charge on any atom is 0.283 e. The van der Waals surface area contributed by atoms with Gasteiger partial charge in [-0.2, -0.15) is 0 Å². The molecule has 0 atom stereocenters. The van der Waals surface area contributed by atoms with E-state index in [0.29, 0.717) is 0 Å². The molecule has 0 aromatic heterocycles. The highest BCUT2D eigenvalue weighted by molar-refractivity contribution is 7.15. The van der Waals surface area contributed by atoms with Crippen molar-refractivity contribution in [2.45, 2.75) is 52.2 Å². The zero-order chi connectivity index (χ0) is 15.1. The Bertz CT molecular complexity index is 235. The fourth-order valence-corrected chi connectivity index (χ4v) is 10.9. The third-order valence-corrected chi connectivity index (χ3v) is 10.5. The SMILES string of the molecule is CC[Si](CO[SiH](C)C)(CO[SiH](C)C)CO[Si](C)(C)Cl. The van der Waals surface area contributed by atoms with Crippen LogP contribution in [-0.4, -0.2) is 52.5 Å². The predicted molar refractivity (Wildman–Crippen MR) is 95.2 cm³/mol. The lowest BCUT2D eigenvalue weighted by atomic mass is 11.0. The minimum Gasteiger partial charge on any atom is -0.424 e.